The molecule has 0 radical (unpaired) electrons. The van der Waals surface area contributed by atoms with Crippen LogP contribution in [0.15, 0.2) is 78.9 Å². The van der Waals surface area contributed by atoms with Crippen molar-refractivity contribution in [2.24, 2.45) is 5.92 Å². The lowest BCUT2D eigenvalue weighted by Crippen LogP contribution is -2.37. The molecular weight excluding hydrogens is 360 g/mol. The van der Waals surface area contributed by atoms with Crippen LogP contribution in [0.1, 0.15) is 25.0 Å². The van der Waals surface area contributed by atoms with Gasteiger partial charge in [-0.25, -0.2) is 4.79 Å². The molecule has 150 valence electrons. The van der Waals surface area contributed by atoms with Gasteiger partial charge in [0.1, 0.15) is 11.5 Å². The third kappa shape index (κ3) is 6.39. The number of ether oxygens (including phenoxy) is 1. The molecule has 0 bridgehead atoms. The van der Waals surface area contributed by atoms with E-state index in [0.717, 1.165) is 28.3 Å². The van der Waals surface area contributed by atoms with Crippen LogP contribution in [0.5, 0.6) is 11.5 Å². The average Bonchev–Trinajstić information content (AvgIpc) is 2.70. The van der Waals surface area contributed by atoms with Crippen molar-refractivity contribution in [2.45, 2.75) is 27.3 Å². The third-order valence-electron chi connectivity index (χ3n) is 4.43. The molecule has 0 aromatic heterocycles. The number of urea groups is 1. The molecule has 29 heavy (non-hydrogen) atoms. The summed E-state index contributed by atoms with van der Waals surface area (Å²) in [6.45, 7) is 7.44. The highest BCUT2D eigenvalue weighted by Gasteiger charge is 2.16. The topological polar surface area (TPSA) is 41.6 Å². The number of anilines is 1. The van der Waals surface area contributed by atoms with Crippen LogP contribution in [0, 0.1) is 12.8 Å². The first kappa shape index (κ1) is 20.5. The molecule has 4 heteroatoms. The molecule has 0 heterocycles. The first-order valence-corrected chi connectivity index (χ1v) is 9.94. The van der Waals surface area contributed by atoms with Gasteiger partial charge in [-0.05, 0) is 54.8 Å². The lowest BCUT2D eigenvalue weighted by molar-refractivity contribution is 0.201. The molecule has 1 N–H and O–H groups in total. The summed E-state index contributed by atoms with van der Waals surface area (Å²) in [5, 5.41) is 3.01. The molecule has 0 aliphatic rings. The number of hydrogen-bond acceptors (Lipinski definition) is 2. The van der Waals surface area contributed by atoms with Crippen molar-refractivity contribution in [1.82, 2.24) is 4.90 Å². The van der Waals surface area contributed by atoms with E-state index >= 15 is 0 Å². The van der Waals surface area contributed by atoms with Gasteiger partial charge in [0.25, 0.3) is 0 Å². The molecular formula is C25H28N2O2. The minimum absolute atomic E-state index is 0.100. The Bertz CT molecular complexity index is 921. The van der Waals surface area contributed by atoms with Crippen LogP contribution in [0.2, 0.25) is 0 Å². The molecule has 3 aromatic carbocycles. The van der Waals surface area contributed by atoms with Gasteiger partial charge < -0.3 is 15.0 Å². The van der Waals surface area contributed by atoms with E-state index in [1.807, 2.05) is 90.7 Å². The number of rotatable bonds is 7. The van der Waals surface area contributed by atoms with E-state index in [9.17, 15) is 4.79 Å². The van der Waals surface area contributed by atoms with Gasteiger partial charge in [-0.2, -0.15) is 0 Å². The highest BCUT2D eigenvalue weighted by Crippen LogP contribution is 2.23. The third-order valence-corrected chi connectivity index (χ3v) is 4.43. The summed E-state index contributed by atoms with van der Waals surface area (Å²) in [6, 6.07) is 25.3. The Morgan fingerprint density at radius 2 is 1.62 bits per heavy atom. The van der Waals surface area contributed by atoms with Crippen LogP contribution in [-0.2, 0) is 6.54 Å². The monoisotopic (exact) mass is 388 g/mol. The molecule has 3 rings (SSSR count). The summed E-state index contributed by atoms with van der Waals surface area (Å²) in [7, 11) is 0. The minimum atomic E-state index is -0.100. The zero-order valence-corrected chi connectivity index (χ0v) is 17.3. The number of carbonyl (C=O) groups is 1. The van der Waals surface area contributed by atoms with Crippen molar-refractivity contribution in [3.63, 3.8) is 0 Å². The molecule has 0 aliphatic heterocycles. The Morgan fingerprint density at radius 3 is 2.31 bits per heavy atom. The Balaban J connectivity index is 1.71. The maximum absolute atomic E-state index is 12.9. The first-order chi connectivity index (χ1) is 14.0. The summed E-state index contributed by atoms with van der Waals surface area (Å²) >= 11 is 0. The number of para-hydroxylation sites is 1. The summed E-state index contributed by atoms with van der Waals surface area (Å²) in [5.74, 6) is 1.92. The van der Waals surface area contributed by atoms with Crippen LogP contribution >= 0.6 is 0 Å². The van der Waals surface area contributed by atoms with Crippen molar-refractivity contribution in [3.8, 4) is 11.5 Å². The molecule has 0 fully saturated rings. The van der Waals surface area contributed by atoms with Gasteiger partial charge >= 0.3 is 6.03 Å². The lowest BCUT2D eigenvalue weighted by atomic mass is 10.1. The molecule has 0 aliphatic carbocycles. The standard InChI is InChI=1S/C25H28N2O2/c1-19(2)17-27(25(28)26-22-14-12-20(3)13-15-22)18-21-8-7-11-24(16-21)29-23-9-5-4-6-10-23/h4-16,19H,17-18H2,1-3H3,(H,26,28). The fraction of sp³-hybridized carbons (Fsp3) is 0.240. The van der Waals surface area contributed by atoms with Crippen LogP contribution in [-0.4, -0.2) is 17.5 Å². The van der Waals surface area contributed by atoms with Crippen LogP contribution in [0.3, 0.4) is 0 Å². The van der Waals surface area contributed by atoms with Crippen LogP contribution in [0.25, 0.3) is 0 Å². The fourth-order valence-corrected chi connectivity index (χ4v) is 3.05. The van der Waals surface area contributed by atoms with Crippen molar-refractivity contribution < 1.29 is 9.53 Å². The Morgan fingerprint density at radius 1 is 0.931 bits per heavy atom. The summed E-state index contributed by atoms with van der Waals surface area (Å²) in [5.41, 5.74) is 2.99. The molecule has 0 saturated heterocycles. The Kier molecular flexibility index (Phi) is 6.90. The highest BCUT2D eigenvalue weighted by molar-refractivity contribution is 5.89. The number of aryl methyl sites for hydroxylation is 1. The van der Waals surface area contributed by atoms with Crippen molar-refractivity contribution in [1.29, 1.82) is 0 Å². The second-order valence-electron chi connectivity index (χ2n) is 7.63. The molecule has 0 unspecified atom stereocenters. The maximum atomic E-state index is 12.9. The number of hydrogen-bond donors (Lipinski definition) is 1. The second kappa shape index (κ2) is 9.78. The van der Waals surface area contributed by atoms with Gasteiger partial charge in [0.05, 0.1) is 0 Å². The fourth-order valence-electron chi connectivity index (χ4n) is 3.05. The van der Waals surface area contributed by atoms with Gasteiger partial charge in [-0.1, -0.05) is 61.9 Å². The van der Waals surface area contributed by atoms with Gasteiger partial charge in [0.2, 0.25) is 0 Å². The van der Waals surface area contributed by atoms with Crippen molar-refractivity contribution in [3.05, 3.63) is 90.0 Å². The SMILES string of the molecule is Cc1ccc(NC(=O)N(Cc2cccc(Oc3ccccc3)c2)CC(C)C)cc1. The Hall–Kier alpha value is -3.27. The number of carbonyl (C=O) groups excluding carboxylic acids is 1. The maximum Gasteiger partial charge on any atom is 0.322 e. The second-order valence-corrected chi connectivity index (χ2v) is 7.63. The van der Waals surface area contributed by atoms with Gasteiger partial charge in [-0.15, -0.1) is 0 Å². The largest absolute Gasteiger partial charge is 0.457 e. The zero-order chi connectivity index (χ0) is 20.6. The van der Waals surface area contributed by atoms with Gasteiger partial charge in [-0.3, -0.25) is 0 Å². The normalized spacial score (nSPS) is 10.6. The number of nitrogens with zero attached hydrogens (tertiary/aromatic N) is 1. The highest BCUT2D eigenvalue weighted by atomic mass is 16.5. The smallest absolute Gasteiger partial charge is 0.322 e. The summed E-state index contributed by atoms with van der Waals surface area (Å²) in [6.07, 6.45) is 0. The molecule has 2 amide bonds. The summed E-state index contributed by atoms with van der Waals surface area (Å²) in [4.78, 5) is 14.7. The molecule has 0 saturated carbocycles. The van der Waals surface area contributed by atoms with Crippen LogP contribution < -0.4 is 10.1 Å². The van der Waals surface area contributed by atoms with Gasteiger partial charge in [0.15, 0.2) is 0 Å². The predicted octanol–water partition coefficient (Wildman–Crippen LogP) is 6.48. The van der Waals surface area contributed by atoms with E-state index in [4.69, 9.17) is 4.74 Å². The number of amides is 2. The van der Waals surface area contributed by atoms with E-state index in [1.165, 1.54) is 0 Å². The van der Waals surface area contributed by atoms with E-state index in [2.05, 4.69) is 19.2 Å². The van der Waals surface area contributed by atoms with Gasteiger partial charge in [0, 0.05) is 18.8 Å². The number of nitrogens with one attached hydrogen (secondary N) is 1. The molecule has 0 spiro atoms. The van der Waals surface area contributed by atoms with Crippen LogP contribution in [0.4, 0.5) is 10.5 Å². The van der Waals surface area contributed by atoms with Crippen molar-refractivity contribution in [2.75, 3.05) is 11.9 Å². The van der Waals surface area contributed by atoms with Crippen molar-refractivity contribution >= 4 is 11.7 Å². The van der Waals surface area contributed by atoms with E-state index < -0.39 is 0 Å². The average molecular weight is 389 g/mol. The predicted molar refractivity (Wildman–Crippen MR) is 118 cm³/mol. The first-order valence-electron chi connectivity index (χ1n) is 9.94. The summed E-state index contributed by atoms with van der Waals surface area (Å²) < 4.78 is 5.93. The quantitative estimate of drug-likeness (QED) is 0.503. The van der Waals surface area contributed by atoms with E-state index in [-0.39, 0.29) is 6.03 Å². The van der Waals surface area contributed by atoms with E-state index in [0.29, 0.717) is 19.0 Å². The molecule has 4 nitrogen and oxygen atoms in total. The molecule has 3 aromatic rings. The molecule has 0 atom stereocenters. The Labute approximate surface area is 173 Å². The number of benzene rings is 3. The minimum Gasteiger partial charge on any atom is -0.457 e. The lowest BCUT2D eigenvalue weighted by Gasteiger charge is -2.25. The zero-order valence-electron chi connectivity index (χ0n) is 17.3. The van der Waals surface area contributed by atoms with E-state index in [1.54, 1.807) is 0 Å².